The van der Waals surface area contributed by atoms with Crippen LogP contribution >= 0.6 is 0 Å². The first-order valence-electron chi connectivity index (χ1n) is 8.25. The predicted molar refractivity (Wildman–Crippen MR) is 71.3 cm³/mol. The Morgan fingerprint density at radius 2 is 1.37 bits per heavy atom. The zero-order chi connectivity index (χ0) is 11.9. The molecule has 0 aromatic heterocycles. The fraction of sp³-hybridized carbons (Fsp3) is 0.667. The third-order valence-corrected chi connectivity index (χ3v) is 59.0. The molecule has 19 heavy (non-hydrogen) atoms. The number of hydrogen-bond donors (Lipinski definition) is 0. The molecule has 4 atom stereocenters. The van der Waals surface area contributed by atoms with Crippen molar-refractivity contribution in [3.05, 3.63) is 34.9 Å². The van der Waals surface area contributed by atoms with Crippen LogP contribution in [0.2, 0.25) is 43.3 Å². The molecule has 0 aliphatic carbocycles. The fourth-order valence-electron chi connectivity index (χ4n) is 18.0. The van der Waals surface area contributed by atoms with Gasteiger partial charge in [-0.05, 0) is 0 Å². The SMILES string of the molecule is Cc1ccc([C]23[CH]4[CH]5[CH]6[CH]2[Fe]56432789[CH]3[CH]2[CH]7[CH]8[CH]39)cc1C. The Kier molecular flexibility index (Phi) is 0.232. The minimum atomic E-state index is -2.87. The van der Waals surface area contributed by atoms with Crippen LogP contribution in [0.3, 0.4) is 0 Å². The van der Waals surface area contributed by atoms with Crippen molar-refractivity contribution >= 4 is 0 Å². The Balaban J connectivity index is 1.51. The van der Waals surface area contributed by atoms with E-state index in [4.69, 9.17) is 0 Å². The number of aryl methyl sites for hydroxylation is 2. The van der Waals surface area contributed by atoms with Crippen LogP contribution in [-0.2, 0) is 10.8 Å². The first kappa shape index (κ1) is 7.14. The summed E-state index contributed by atoms with van der Waals surface area (Å²) in [6.07, 6.45) is 0. The average molecular weight is 290 g/mol. The van der Waals surface area contributed by atoms with Gasteiger partial charge < -0.3 is 0 Å². The molecule has 98 valence electrons. The second kappa shape index (κ2) is 0.617. The van der Waals surface area contributed by atoms with E-state index in [1.807, 2.05) is 5.56 Å². The fourth-order valence-corrected chi connectivity index (χ4v) is 92.2. The standard InChI is InChI=1S/C13H13.C5H5.Fe/c1-10-7-8-13(9-11(10)2)12-5-3-4-6-12;1-2-4-5-3-1;/h3-9H,1-2H3;1-5H;. The van der Waals surface area contributed by atoms with Gasteiger partial charge in [0.15, 0.2) is 0 Å². The molecule has 1 spiro atoms. The molecular weight excluding hydrogens is 272 g/mol. The molecule has 0 amide bonds. The monoisotopic (exact) mass is 290 g/mol. The summed E-state index contributed by atoms with van der Waals surface area (Å²) in [7, 11) is 0. The van der Waals surface area contributed by atoms with Gasteiger partial charge >= 0.3 is 103 Å². The predicted octanol–water partition coefficient (Wildman–Crippen LogP) is 5.10. The summed E-state index contributed by atoms with van der Waals surface area (Å²) in [6.45, 7) is 1.77. The van der Waals surface area contributed by atoms with Gasteiger partial charge in [0, 0.05) is 0 Å². The molecular formula is C18H18Fe. The van der Waals surface area contributed by atoms with Gasteiger partial charge in [0.2, 0.25) is 0 Å². The van der Waals surface area contributed by atoms with E-state index in [0.717, 1.165) is 4.31 Å². The summed E-state index contributed by atoms with van der Waals surface area (Å²) >= 11 is 0. The van der Waals surface area contributed by atoms with E-state index in [9.17, 15) is 0 Å². The van der Waals surface area contributed by atoms with Crippen LogP contribution in [0.5, 0.6) is 0 Å². The normalized spacial score (nSPS) is 108. The molecule has 11 rings (SSSR count). The van der Waals surface area contributed by atoms with Gasteiger partial charge in [-0.1, -0.05) is 0 Å². The van der Waals surface area contributed by atoms with E-state index in [1.165, 1.54) is 48.9 Å². The van der Waals surface area contributed by atoms with Crippen molar-refractivity contribution in [3.63, 3.8) is 0 Å². The van der Waals surface area contributed by atoms with Crippen LogP contribution < -0.4 is 0 Å². The van der Waals surface area contributed by atoms with E-state index in [2.05, 4.69) is 32.0 Å². The summed E-state index contributed by atoms with van der Waals surface area (Å²) in [5.74, 6) is 0. The molecule has 0 saturated carbocycles. The molecule has 10 aliphatic heterocycles. The molecule has 0 nitrogen and oxygen atoms in total. The zero-order valence-electron chi connectivity index (χ0n) is 11.3. The maximum absolute atomic E-state index is 2.87. The second-order valence-corrected chi connectivity index (χ2v) is 35.5. The van der Waals surface area contributed by atoms with E-state index in [-0.39, 0.29) is 0 Å². The first-order valence-corrected chi connectivity index (χ1v) is 14.5. The van der Waals surface area contributed by atoms with Gasteiger partial charge in [-0.15, -0.1) is 0 Å². The molecule has 0 N–H and O–H groups in total. The van der Waals surface area contributed by atoms with E-state index in [0.29, 0.717) is 0 Å². The molecule has 0 radical (unpaired) electrons. The Morgan fingerprint density at radius 1 is 0.789 bits per heavy atom. The summed E-state index contributed by atoms with van der Waals surface area (Å²) in [5.41, 5.74) is 4.99. The van der Waals surface area contributed by atoms with E-state index >= 15 is 0 Å². The number of benzene rings is 1. The van der Waals surface area contributed by atoms with Crippen LogP contribution in [0.1, 0.15) is 16.7 Å². The molecule has 10 aliphatic rings. The van der Waals surface area contributed by atoms with Gasteiger partial charge in [0.05, 0.1) is 0 Å². The van der Waals surface area contributed by atoms with Crippen molar-refractivity contribution in [2.45, 2.75) is 61.5 Å². The average Bonchev–Trinajstić information content (AvgIpc) is 3.35. The Morgan fingerprint density at radius 3 is 1.74 bits per heavy atom. The number of hydrogen-bond acceptors (Lipinski definition) is 0. The molecule has 1 aromatic rings. The molecule has 10 heterocycles. The van der Waals surface area contributed by atoms with E-state index < -0.39 is 6.51 Å². The Hall–Kier alpha value is -0.261. The maximum atomic E-state index is 2.66. The first-order chi connectivity index (χ1) is 8.96. The molecule has 1 heteroatoms. The topological polar surface area (TPSA) is 0 Å². The summed E-state index contributed by atoms with van der Waals surface area (Å²) in [5, 5.41) is 0. The molecule has 10 fully saturated rings. The van der Waals surface area contributed by atoms with Crippen LogP contribution in [0.25, 0.3) is 0 Å². The van der Waals surface area contributed by atoms with Gasteiger partial charge in [-0.2, -0.15) is 0 Å². The van der Waals surface area contributed by atoms with Crippen molar-refractivity contribution in [2.24, 2.45) is 0 Å². The van der Waals surface area contributed by atoms with Crippen LogP contribution in [-0.4, -0.2) is 0 Å². The molecule has 0 bridgehead atoms. The van der Waals surface area contributed by atoms with Crippen molar-refractivity contribution in [2.75, 3.05) is 0 Å². The summed E-state index contributed by atoms with van der Waals surface area (Å²) < 4.78 is 0.970. The van der Waals surface area contributed by atoms with Gasteiger partial charge in [-0.3, -0.25) is 0 Å². The molecule has 4 unspecified atom stereocenters. The Bertz CT molecular complexity index is 1130. The van der Waals surface area contributed by atoms with Crippen molar-refractivity contribution in [1.29, 1.82) is 0 Å². The molecule has 1 aromatic carbocycles. The third-order valence-electron chi connectivity index (χ3n) is 16.6. The summed E-state index contributed by atoms with van der Waals surface area (Å²) in [4.78, 5) is 13.1. The molecule has 10 saturated heterocycles. The van der Waals surface area contributed by atoms with Crippen molar-refractivity contribution in [3.8, 4) is 0 Å². The van der Waals surface area contributed by atoms with E-state index in [1.54, 1.807) is 5.56 Å². The minimum absolute atomic E-state index is 0.970. The second-order valence-electron chi connectivity index (χ2n) is 12.0. The van der Waals surface area contributed by atoms with Gasteiger partial charge in [0.1, 0.15) is 0 Å². The third kappa shape index (κ3) is 0.0818. The summed E-state index contributed by atoms with van der Waals surface area (Å²) in [6, 6.07) is 7.72. The van der Waals surface area contributed by atoms with Crippen LogP contribution in [0.15, 0.2) is 18.2 Å². The Labute approximate surface area is 103 Å². The van der Waals surface area contributed by atoms with Crippen LogP contribution in [0, 0.1) is 13.8 Å². The van der Waals surface area contributed by atoms with Gasteiger partial charge in [0.25, 0.3) is 0 Å². The van der Waals surface area contributed by atoms with Crippen molar-refractivity contribution < 1.29 is 6.51 Å². The number of fused-ring (bicyclic) bond motifs is 10. The van der Waals surface area contributed by atoms with Crippen LogP contribution in [0.4, 0.5) is 0 Å². The van der Waals surface area contributed by atoms with Crippen molar-refractivity contribution in [1.82, 2.24) is 0 Å². The zero-order valence-corrected chi connectivity index (χ0v) is 12.4. The quantitative estimate of drug-likeness (QED) is 0.631. The number of rotatable bonds is 1. The van der Waals surface area contributed by atoms with Gasteiger partial charge in [-0.25, -0.2) is 0 Å².